The number of benzene rings is 1. The van der Waals surface area contributed by atoms with E-state index in [0.29, 0.717) is 43.2 Å². The van der Waals surface area contributed by atoms with Gasteiger partial charge in [0.25, 0.3) is 0 Å². The van der Waals surface area contributed by atoms with Crippen molar-refractivity contribution in [2.75, 3.05) is 70.2 Å². The third-order valence-corrected chi connectivity index (χ3v) is 4.65. The molecule has 1 heterocycles. The van der Waals surface area contributed by atoms with Crippen molar-refractivity contribution >= 4 is 23.2 Å². The highest BCUT2D eigenvalue weighted by molar-refractivity contribution is 5.95. The predicted molar refractivity (Wildman–Crippen MR) is 110 cm³/mol. The predicted octanol–water partition coefficient (Wildman–Crippen LogP) is 2.18. The topological polar surface area (TPSA) is 83.1 Å². The number of amides is 2. The largest absolute Gasteiger partial charge is 0.495 e. The Morgan fingerprint density at radius 2 is 1.77 bits per heavy atom. The van der Waals surface area contributed by atoms with Crippen molar-refractivity contribution in [1.82, 2.24) is 9.80 Å². The van der Waals surface area contributed by atoms with Crippen molar-refractivity contribution in [2.24, 2.45) is 0 Å². The third-order valence-electron chi connectivity index (χ3n) is 4.65. The Morgan fingerprint density at radius 1 is 1.10 bits per heavy atom. The number of carbonyl (C=O) groups excluding carboxylic acids is 2. The molecule has 2 N–H and O–H groups in total. The Morgan fingerprint density at radius 3 is 2.39 bits per heavy atom. The third kappa shape index (κ3) is 9.53. The van der Waals surface area contributed by atoms with Crippen LogP contribution in [0.4, 0.5) is 24.5 Å². The molecule has 1 aliphatic rings. The fraction of sp³-hybridized carbons (Fsp3) is 0.600. The van der Waals surface area contributed by atoms with Crippen LogP contribution in [0.2, 0.25) is 0 Å². The maximum absolute atomic E-state index is 12.5. The number of ether oxygens (including phenoxy) is 2. The lowest BCUT2D eigenvalue weighted by molar-refractivity contribution is -0.174. The Balaban J connectivity index is 1.72. The van der Waals surface area contributed by atoms with Crippen LogP contribution in [0.3, 0.4) is 0 Å². The number of alkyl halides is 3. The molecule has 0 aromatic heterocycles. The molecule has 2 amide bonds. The molecule has 2 rings (SSSR count). The van der Waals surface area contributed by atoms with Crippen LogP contribution >= 0.6 is 0 Å². The van der Waals surface area contributed by atoms with Gasteiger partial charge in [-0.25, -0.2) is 0 Å². The summed E-state index contributed by atoms with van der Waals surface area (Å²) in [5.41, 5.74) is 1.02. The summed E-state index contributed by atoms with van der Waals surface area (Å²) in [4.78, 5) is 27.9. The monoisotopic (exact) mass is 446 g/mol. The lowest BCUT2D eigenvalue weighted by Gasteiger charge is -2.34. The summed E-state index contributed by atoms with van der Waals surface area (Å²) < 4.78 is 46.0. The molecule has 1 saturated heterocycles. The molecule has 174 valence electrons. The smallest absolute Gasteiger partial charge is 0.411 e. The number of rotatable bonds is 10. The molecule has 0 saturated carbocycles. The highest BCUT2D eigenvalue weighted by Gasteiger charge is 2.27. The van der Waals surface area contributed by atoms with Gasteiger partial charge in [-0.1, -0.05) is 0 Å². The van der Waals surface area contributed by atoms with Crippen molar-refractivity contribution in [2.45, 2.75) is 19.5 Å². The minimum absolute atomic E-state index is 0.0709. The van der Waals surface area contributed by atoms with Crippen LogP contribution in [0.25, 0.3) is 0 Å². The van der Waals surface area contributed by atoms with Gasteiger partial charge in [-0.3, -0.25) is 14.5 Å². The second kappa shape index (κ2) is 11.9. The van der Waals surface area contributed by atoms with Gasteiger partial charge in [0.1, 0.15) is 12.4 Å². The maximum atomic E-state index is 12.5. The first-order valence-corrected chi connectivity index (χ1v) is 10.0. The fourth-order valence-corrected chi connectivity index (χ4v) is 3.23. The van der Waals surface area contributed by atoms with Crippen molar-refractivity contribution in [3.63, 3.8) is 0 Å². The molecular weight excluding hydrogens is 417 g/mol. The number of carbonyl (C=O) groups is 2. The number of piperazine rings is 1. The normalized spacial score (nSPS) is 15.5. The zero-order valence-electron chi connectivity index (χ0n) is 17.8. The van der Waals surface area contributed by atoms with E-state index in [4.69, 9.17) is 4.74 Å². The van der Waals surface area contributed by atoms with Gasteiger partial charge in [-0.2, -0.15) is 13.2 Å². The van der Waals surface area contributed by atoms with Crippen molar-refractivity contribution < 1.29 is 32.2 Å². The molecular formula is C20H29F3N4O4. The lowest BCUT2D eigenvalue weighted by Crippen LogP contribution is -2.48. The number of nitrogens with zero attached hydrogens (tertiary/aromatic N) is 2. The summed E-state index contributed by atoms with van der Waals surface area (Å²) in [5.74, 6) is 0.0690. The van der Waals surface area contributed by atoms with Crippen LogP contribution in [0.1, 0.15) is 13.3 Å². The van der Waals surface area contributed by atoms with Crippen LogP contribution in [0.5, 0.6) is 5.75 Å². The van der Waals surface area contributed by atoms with Crippen LogP contribution in [-0.2, 0) is 14.3 Å². The van der Waals surface area contributed by atoms with Gasteiger partial charge in [0.15, 0.2) is 0 Å². The van der Waals surface area contributed by atoms with E-state index in [1.807, 2.05) is 4.90 Å². The summed E-state index contributed by atoms with van der Waals surface area (Å²) in [6, 6.07) is 4.98. The van der Waals surface area contributed by atoms with Crippen LogP contribution in [-0.4, -0.2) is 87.4 Å². The average Bonchev–Trinajstić information content (AvgIpc) is 2.68. The van der Waals surface area contributed by atoms with E-state index >= 15 is 0 Å². The zero-order valence-corrected chi connectivity index (χ0v) is 17.8. The molecule has 1 fully saturated rings. The fourth-order valence-electron chi connectivity index (χ4n) is 3.23. The molecule has 0 unspecified atom stereocenters. The van der Waals surface area contributed by atoms with E-state index in [-0.39, 0.29) is 25.0 Å². The van der Waals surface area contributed by atoms with Gasteiger partial charge in [0, 0.05) is 51.9 Å². The molecule has 0 radical (unpaired) electrons. The Hall–Kier alpha value is -2.37. The minimum Gasteiger partial charge on any atom is -0.495 e. The van der Waals surface area contributed by atoms with Crippen molar-refractivity contribution in [3.05, 3.63) is 18.2 Å². The lowest BCUT2D eigenvalue weighted by atomic mass is 10.2. The highest BCUT2D eigenvalue weighted by Crippen LogP contribution is 2.28. The van der Waals surface area contributed by atoms with E-state index < -0.39 is 12.8 Å². The van der Waals surface area contributed by atoms with Crippen molar-refractivity contribution in [3.8, 4) is 5.75 Å². The molecule has 1 aromatic carbocycles. The molecule has 31 heavy (non-hydrogen) atoms. The average molecular weight is 446 g/mol. The summed E-state index contributed by atoms with van der Waals surface area (Å²) in [5, 5.41) is 5.48. The second-order valence-electron chi connectivity index (χ2n) is 7.28. The number of halogens is 3. The van der Waals surface area contributed by atoms with Gasteiger partial charge in [-0.15, -0.1) is 0 Å². The maximum Gasteiger partial charge on any atom is 0.411 e. The van der Waals surface area contributed by atoms with Gasteiger partial charge < -0.3 is 25.0 Å². The molecule has 11 heteroatoms. The second-order valence-corrected chi connectivity index (χ2v) is 7.28. The first-order chi connectivity index (χ1) is 14.7. The first-order valence-electron chi connectivity index (χ1n) is 10.0. The highest BCUT2D eigenvalue weighted by atomic mass is 19.4. The van der Waals surface area contributed by atoms with E-state index in [2.05, 4.69) is 20.3 Å². The molecule has 0 aliphatic carbocycles. The SMILES string of the molecule is COc1ccc(NC(C)=O)cc1NC(=O)CN1CCN(CCCOCC(F)(F)F)CC1. The van der Waals surface area contributed by atoms with Gasteiger partial charge in [0.2, 0.25) is 11.8 Å². The van der Waals surface area contributed by atoms with Crippen molar-refractivity contribution in [1.29, 1.82) is 0 Å². The zero-order chi connectivity index (χ0) is 22.9. The quantitative estimate of drug-likeness (QED) is 0.536. The molecule has 8 nitrogen and oxygen atoms in total. The Kier molecular flexibility index (Phi) is 9.53. The van der Waals surface area contributed by atoms with Gasteiger partial charge >= 0.3 is 6.18 Å². The first kappa shape index (κ1) is 24.9. The van der Waals surface area contributed by atoms with E-state index in [1.54, 1.807) is 18.2 Å². The number of hydrogen-bond acceptors (Lipinski definition) is 6. The van der Waals surface area contributed by atoms with Crippen LogP contribution in [0.15, 0.2) is 18.2 Å². The van der Waals surface area contributed by atoms with E-state index in [0.717, 1.165) is 13.1 Å². The molecule has 1 aromatic rings. The van der Waals surface area contributed by atoms with Gasteiger partial charge in [0.05, 0.1) is 19.3 Å². The van der Waals surface area contributed by atoms with Crippen LogP contribution < -0.4 is 15.4 Å². The molecule has 1 aliphatic heterocycles. The standard InChI is InChI=1S/C20H29F3N4O4/c1-15(28)24-16-4-5-18(30-2)17(12-16)25-19(29)13-27-9-7-26(8-10-27)6-3-11-31-14-20(21,22)23/h4-5,12H,3,6-11,13-14H2,1-2H3,(H,24,28)(H,25,29). The number of anilines is 2. The van der Waals surface area contributed by atoms with Crippen LogP contribution in [0, 0.1) is 0 Å². The molecule has 0 bridgehead atoms. The summed E-state index contributed by atoms with van der Waals surface area (Å²) >= 11 is 0. The summed E-state index contributed by atoms with van der Waals surface area (Å²) in [7, 11) is 1.50. The van der Waals surface area contributed by atoms with E-state index in [1.165, 1.54) is 14.0 Å². The summed E-state index contributed by atoms with van der Waals surface area (Å²) in [6.45, 7) is 3.94. The van der Waals surface area contributed by atoms with E-state index in [9.17, 15) is 22.8 Å². The Labute approximate surface area is 179 Å². The summed E-state index contributed by atoms with van der Waals surface area (Å²) in [6.07, 6.45) is -3.76. The van der Waals surface area contributed by atoms with Gasteiger partial charge in [-0.05, 0) is 24.6 Å². The molecule has 0 atom stereocenters. The number of methoxy groups -OCH3 is 1. The number of hydrogen-bond donors (Lipinski definition) is 2. The number of nitrogens with one attached hydrogen (secondary N) is 2. The minimum atomic E-state index is -4.29. The molecule has 0 spiro atoms. The Bertz CT molecular complexity index is 738.